The van der Waals surface area contributed by atoms with Gasteiger partial charge in [-0.25, -0.2) is 12.8 Å². The summed E-state index contributed by atoms with van der Waals surface area (Å²) in [7, 11) is -3.64. The van der Waals surface area contributed by atoms with Crippen molar-refractivity contribution in [2.45, 2.75) is 11.1 Å². The van der Waals surface area contributed by atoms with Crippen molar-refractivity contribution >= 4 is 16.0 Å². The van der Waals surface area contributed by atoms with Crippen molar-refractivity contribution < 1.29 is 35.9 Å². The van der Waals surface area contributed by atoms with Gasteiger partial charge >= 0.3 is 12.1 Å². The van der Waals surface area contributed by atoms with E-state index in [9.17, 15) is 30.8 Å². The van der Waals surface area contributed by atoms with Gasteiger partial charge in [-0.05, 0) is 18.2 Å². The van der Waals surface area contributed by atoms with Crippen molar-refractivity contribution in [2.75, 3.05) is 13.6 Å². The smallest absolute Gasteiger partial charge is 0.416 e. The quantitative estimate of drug-likeness (QED) is 0.856. The van der Waals surface area contributed by atoms with Crippen LogP contribution in [-0.4, -0.2) is 37.4 Å². The summed E-state index contributed by atoms with van der Waals surface area (Å²) in [6.45, 7) is -0.942. The Morgan fingerprint density at radius 3 is 2.30 bits per heavy atom. The van der Waals surface area contributed by atoms with Crippen LogP contribution in [0.5, 0.6) is 0 Å². The minimum atomic E-state index is -4.81. The second-order valence-corrected chi connectivity index (χ2v) is 5.81. The minimum absolute atomic E-state index is 0.0431. The first-order valence-electron chi connectivity index (χ1n) is 5.01. The molecule has 0 aliphatic rings. The Labute approximate surface area is 111 Å². The highest BCUT2D eigenvalue weighted by molar-refractivity contribution is 7.89. The zero-order valence-corrected chi connectivity index (χ0v) is 10.8. The van der Waals surface area contributed by atoms with E-state index in [0.717, 1.165) is 7.05 Å². The molecule has 0 fully saturated rings. The molecular formula is C10H9F4NO4S. The summed E-state index contributed by atoms with van der Waals surface area (Å²) >= 11 is 0. The van der Waals surface area contributed by atoms with Crippen LogP contribution in [0.15, 0.2) is 23.1 Å². The largest absolute Gasteiger partial charge is 0.480 e. The van der Waals surface area contributed by atoms with E-state index >= 15 is 0 Å². The van der Waals surface area contributed by atoms with E-state index in [-0.39, 0.29) is 6.07 Å². The molecule has 0 atom stereocenters. The number of rotatable bonds is 4. The van der Waals surface area contributed by atoms with Crippen LogP contribution in [0.1, 0.15) is 5.56 Å². The lowest BCUT2D eigenvalue weighted by Crippen LogP contribution is -2.32. The average molecular weight is 315 g/mol. The van der Waals surface area contributed by atoms with E-state index < -0.39 is 45.0 Å². The molecule has 112 valence electrons. The molecule has 0 spiro atoms. The number of carbonyl (C=O) groups is 1. The van der Waals surface area contributed by atoms with Crippen LogP contribution in [0.25, 0.3) is 0 Å². The lowest BCUT2D eigenvalue weighted by atomic mass is 10.2. The second kappa shape index (κ2) is 5.37. The summed E-state index contributed by atoms with van der Waals surface area (Å²) in [5.41, 5.74) is -1.34. The third-order valence-electron chi connectivity index (χ3n) is 2.31. The maximum Gasteiger partial charge on any atom is 0.416 e. The third-order valence-corrected chi connectivity index (χ3v) is 4.14. The SMILES string of the molecule is CN(CC(=O)O)S(=O)(=O)c1ccc(C(F)(F)F)cc1F. The van der Waals surface area contributed by atoms with Crippen LogP contribution in [0.2, 0.25) is 0 Å². The monoisotopic (exact) mass is 315 g/mol. The Morgan fingerprint density at radius 2 is 1.90 bits per heavy atom. The van der Waals surface area contributed by atoms with Crippen molar-refractivity contribution in [3.8, 4) is 0 Å². The highest BCUT2D eigenvalue weighted by Gasteiger charge is 2.33. The van der Waals surface area contributed by atoms with Crippen LogP contribution >= 0.6 is 0 Å². The van der Waals surface area contributed by atoms with Gasteiger partial charge in [0.1, 0.15) is 17.3 Å². The van der Waals surface area contributed by atoms with Gasteiger partial charge in [-0.1, -0.05) is 0 Å². The summed E-state index contributed by atoms with van der Waals surface area (Å²) in [5, 5.41) is 8.47. The summed E-state index contributed by atoms with van der Waals surface area (Å²) in [4.78, 5) is 9.39. The zero-order valence-electron chi connectivity index (χ0n) is 9.98. The van der Waals surface area contributed by atoms with Crippen LogP contribution < -0.4 is 0 Å². The van der Waals surface area contributed by atoms with Crippen LogP contribution in [0.3, 0.4) is 0 Å². The topological polar surface area (TPSA) is 74.7 Å². The number of hydrogen-bond acceptors (Lipinski definition) is 3. The van der Waals surface area contributed by atoms with Gasteiger partial charge in [0, 0.05) is 7.05 Å². The fourth-order valence-corrected chi connectivity index (χ4v) is 2.49. The van der Waals surface area contributed by atoms with Gasteiger partial charge in [0.05, 0.1) is 5.56 Å². The highest BCUT2D eigenvalue weighted by Crippen LogP contribution is 2.31. The Balaban J connectivity index is 3.24. The lowest BCUT2D eigenvalue weighted by molar-refractivity contribution is -0.138. The van der Waals surface area contributed by atoms with Crippen LogP contribution in [-0.2, 0) is 21.0 Å². The maximum absolute atomic E-state index is 13.5. The molecule has 20 heavy (non-hydrogen) atoms. The molecule has 1 aromatic rings. The minimum Gasteiger partial charge on any atom is -0.480 e. The second-order valence-electron chi connectivity index (χ2n) is 3.80. The number of benzene rings is 1. The first kappa shape index (κ1) is 16.4. The molecule has 0 amide bonds. The van der Waals surface area contributed by atoms with Gasteiger partial charge < -0.3 is 5.11 Å². The number of halogens is 4. The van der Waals surface area contributed by atoms with E-state index in [2.05, 4.69) is 0 Å². The molecule has 10 heteroatoms. The molecule has 0 aliphatic carbocycles. The Hall–Kier alpha value is -1.68. The number of sulfonamides is 1. The van der Waals surface area contributed by atoms with E-state index in [0.29, 0.717) is 16.4 Å². The Kier molecular flexibility index (Phi) is 4.39. The highest BCUT2D eigenvalue weighted by atomic mass is 32.2. The van der Waals surface area contributed by atoms with Gasteiger partial charge in [0.25, 0.3) is 0 Å². The molecule has 0 aromatic heterocycles. The molecule has 1 aromatic carbocycles. The van der Waals surface area contributed by atoms with E-state index in [1.807, 2.05) is 0 Å². The fraction of sp³-hybridized carbons (Fsp3) is 0.300. The molecule has 0 unspecified atom stereocenters. The molecule has 1 rings (SSSR count). The molecule has 0 saturated carbocycles. The summed E-state index contributed by atoms with van der Waals surface area (Å²) in [6.07, 6.45) is -4.81. The first-order valence-corrected chi connectivity index (χ1v) is 6.45. The van der Waals surface area contributed by atoms with Gasteiger partial charge in [-0.15, -0.1) is 0 Å². The molecule has 5 nitrogen and oxygen atoms in total. The number of carboxylic acids is 1. The number of hydrogen-bond donors (Lipinski definition) is 1. The lowest BCUT2D eigenvalue weighted by Gasteiger charge is -2.16. The number of nitrogens with zero attached hydrogens (tertiary/aromatic N) is 1. The first-order chi connectivity index (χ1) is 8.96. The average Bonchev–Trinajstić information content (AvgIpc) is 2.26. The number of likely N-dealkylation sites (N-methyl/N-ethyl adjacent to an activating group) is 1. The van der Waals surface area contributed by atoms with Crippen molar-refractivity contribution in [1.82, 2.24) is 4.31 Å². The van der Waals surface area contributed by atoms with Crippen molar-refractivity contribution in [3.63, 3.8) is 0 Å². The molecule has 0 saturated heterocycles. The zero-order chi connectivity index (χ0) is 15.7. The molecule has 0 radical (unpaired) electrons. The normalized spacial score (nSPS) is 12.7. The standard InChI is InChI=1S/C10H9F4NO4S/c1-15(5-9(16)17)20(18,19)8-3-2-6(4-7(8)11)10(12,13)14/h2-4H,5H2,1H3,(H,16,17). The van der Waals surface area contributed by atoms with Crippen molar-refractivity contribution in [3.05, 3.63) is 29.6 Å². The van der Waals surface area contributed by atoms with E-state index in [1.54, 1.807) is 0 Å². The van der Waals surface area contributed by atoms with Crippen molar-refractivity contribution in [2.24, 2.45) is 0 Å². The molecule has 0 bridgehead atoms. The fourth-order valence-electron chi connectivity index (χ4n) is 1.33. The molecular weight excluding hydrogens is 306 g/mol. The molecule has 1 N–H and O–H groups in total. The van der Waals surface area contributed by atoms with Crippen molar-refractivity contribution in [1.29, 1.82) is 0 Å². The third kappa shape index (κ3) is 3.45. The summed E-state index contributed by atoms with van der Waals surface area (Å²) < 4.78 is 74.4. The predicted octanol–water partition coefficient (Wildman–Crippen LogP) is 1.55. The van der Waals surface area contributed by atoms with Crippen LogP contribution in [0.4, 0.5) is 17.6 Å². The van der Waals surface area contributed by atoms with Gasteiger partial charge in [-0.3, -0.25) is 4.79 Å². The van der Waals surface area contributed by atoms with Gasteiger partial charge in [-0.2, -0.15) is 17.5 Å². The Morgan fingerprint density at radius 1 is 1.35 bits per heavy atom. The number of aliphatic carboxylic acids is 1. The summed E-state index contributed by atoms with van der Waals surface area (Å²) in [5.74, 6) is -3.08. The predicted molar refractivity (Wildman–Crippen MR) is 58.9 cm³/mol. The number of alkyl halides is 3. The maximum atomic E-state index is 13.5. The van der Waals surface area contributed by atoms with Gasteiger partial charge in [0.15, 0.2) is 0 Å². The Bertz CT molecular complexity index is 627. The van der Waals surface area contributed by atoms with E-state index in [4.69, 9.17) is 5.11 Å². The molecule has 0 aliphatic heterocycles. The number of carboxylic acid groups (broad SMARTS) is 1. The van der Waals surface area contributed by atoms with Crippen LogP contribution in [0, 0.1) is 5.82 Å². The summed E-state index contributed by atoms with van der Waals surface area (Å²) in [6, 6.07) is 0.901. The van der Waals surface area contributed by atoms with E-state index in [1.165, 1.54) is 0 Å². The molecule has 0 heterocycles. The van der Waals surface area contributed by atoms with Gasteiger partial charge in [0.2, 0.25) is 10.0 Å².